The minimum atomic E-state index is 0.453. The zero-order chi connectivity index (χ0) is 22.9. The van der Waals surface area contributed by atoms with Gasteiger partial charge in [-0.1, -0.05) is 36.2 Å². The third kappa shape index (κ3) is 5.51. The fourth-order valence-corrected chi connectivity index (χ4v) is 3.97. The van der Waals surface area contributed by atoms with E-state index in [1.807, 2.05) is 62.7 Å². The molecule has 1 N–H and O–H groups in total. The molecule has 0 unspecified atom stereocenters. The Balaban J connectivity index is 0.000000668. The zero-order valence-electron chi connectivity index (χ0n) is 18.1. The van der Waals surface area contributed by atoms with E-state index in [2.05, 4.69) is 25.7 Å². The van der Waals surface area contributed by atoms with Crippen LogP contribution >= 0.6 is 23.3 Å². The highest BCUT2D eigenvalue weighted by atomic mass is 32.2. The number of aryl methyl sites for hydroxylation is 1. The van der Waals surface area contributed by atoms with Crippen LogP contribution in [0.15, 0.2) is 60.8 Å². The van der Waals surface area contributed by atoms with E-state index in [1.165, 1.54) is 11.3 Å². The second-order valence-electron chi connectivity index (χ2n) is 6.70. The molecule has 8 heteroatoms. The van der Waals surface area contributed by atoms with Gasteiger partial charge in [-0.05, 0) is 56.1 Å². The van der Waals surface area contributed by atoms with Gasteiger partial charge < -0.3 is 4.90 Å². The van der Waals surface area contributed by atoms with Gasteiger partial charge in [-0.15, -0.1) is 11.3 Å². The highest BCUT2D eigenvalue weighted by Gasteiger charge is 2.18. The fraction of sp³-hybridized carbons (Fsp3) is 0.167. The summed E-state index contributed by atoms with van der Waals surface area (Å²) in [4.78, 5) is 23.3. The molecular weight excluding hydrogens is 438 g/mol. The molecule has 162 valence electrons. The number of hydrogen-bond donors (Lipinski definition) is 1. The van der Waals surface area contributed by atoms with Crippen LogP contribution in [0.1, 0.15) is 26.5 Å². The van der Waals surface area contributed by atoms with Gasteiger partial charge >= 0.3 is 0 Å². The van der Waals surface area contributed by atoms with Gasteiger partial charge in [0.15, 0.2) is 11.4 Å². The van der Waals surface area contributed by atoms with Crippen molar-refractivity contribution in [3.63, 3.8) is 0 Å². The lowest BCUT2D eigenvalue weighted by atomic mass is 10.1. The number of thiazole rings is 1. The first-order valence-electron chi connectivity index (χ1n) is 9.84. The van der Waals surface area contributed by atoms with Crippen LogP contribution in [0.3, 0.4) is 0 Å². The van der Waals surface area contributed by atoms with Crippen molar-refractivity contribution in [1.82, 2.24) is 14.7 Å². The molecule has 2 aromatic heterocycles. The number of aromatic nitrogens is 2. The van der Waals surface area contributed by atoms with Crippen molar-refractivity contribution >= 4 is 51.3 Å². The van der Waals surface area contributed by atoms with Crippen molar-refractivity contribution in [2.75, 3.05) is 18.2 Å². The molecule has 0 aliphatic rings. The minimum Gasteiger partial charge on any atom is -0.313 e. The number of fused-ring (bicyclic) bond motifs is 1. The van der Waals surface area contributed by atoms with E-state index in [0.29, 0.717) is 17.8 Å². The monoisotopic (exact) mass is 461 g/mol. The Morgan fingerprint density at radius 1 is 1.19 bits per heavy atom. The number of nitrogens with zero attached hydrogens (tertiary/aromatic N) is 4. The van der Waals surface area contributed by atoms with E-state index in [-0.39, 0.29) is 0 Å². The molecule has 6 nitrogen and oxygen atoms in total. The molecule has 0 fully saturated rings. The van der Waals surface area contributed by atoms with Crippen LogP contribution in [0.25, 0.3) is 10.9 Å². The number of carbonyl (C=O) groups is 1. The number of aldehydes is 1. The third-order valence-electron chi connectivity index (χ3n) is 4.72. The molecule has 32 heavy (non-hydrogen) atoms. The fourth-order valence-electron chi connectivity index (χ4n) is 3.07. The van der Waals surface area contributed by atoms with E-state index < -0.39 is 0 Å². The molecule has 0 bridgehead atoms. The predicted octanol–water partition coefficient (Wildman–Crippen LogP) is 5.51. The van der Waals surface area contributed by atoms with Crippen LogP contribution in [0.2, 0.25) is 0 Å². The number of carbonyl (C=O) groups excluding carboxylic acids is 1. The molecule has 0 saturated heterocycles. The van der Waals surface area contributed by atoms with Crippen LogP contribution in [0.5, 0.6) is 0 Å². The first-order valence-corrected chi connectivity index (χ1v) is 11.9. The summed E-state index contributed by atoms with van der Waals surface area (Å²) in [5, 5.41) is 10.9. The smallest absolute Gasteiger partial charge is 0.191 e. The third-order valence-corrected chi connectivity index (χ3v) is 6.14. The van der Waals surface area contributed by atoms with Crippen molar-refractivity contribution < 1.29 is 4.79 Å². The van der Waals surface area contributed by atoms with Crippen molar-refractivity contribution in [2.24, 2.45) is 0 Å². The Labute approximate surface area is 196 Å². The highest BCUT2D eigenvalue weighted by Crippen LogP contribution is 2.33. The lowest BCUT2D eigenvalue weighted by Gasteiger charge is -2.23. The average molecular weight is 462 g/mol. The van der Waals surface area contributed by atoms with Crippen LogP contribution in [-0.4, -0.2) is 29.6 Å². The SMILES string of the molecule is CNSC.Cc1sc(N(Cc2cccc3cccnc23)c2ccc(C#N)cc2)nc1C=O. The van der Waals surface area contributed by atoms with Gasteiger partial charge in [-0.25, -0.2) is 4.98 Å². The summed E-state index contributed by atoms with van der Waals surface area (Å²) in [6.07, 6.45) is 4.56. The Morgan fingerprint density at radius 2 is 1.91 bits per heavy atom. The molecule has 4 rings (SSSR count). The molecule has 2 heterocycles. The maximum absolute atomic E-state index is 11.3. The van der Waals surface area contributed by atoms with Gasteiger partial charge in [0, 0.05) is 22.1 Å². The Hall–Kier alpha value is -3.25. The molecule has 0 radical (unpaired) electrons. The van der Waals surface area contributed by atoms with E-state index >= 15 is 0 Å². The lowest BCUT2D eigenvalue weighted by molar-refractivity contribution is 0.111. The summed E-state index contributed by atoms with van der Waals surface area (Å²) < 4.78 is 2.85. The van der Waals surface area contributed by atoms with Crippen molar-refractivity contribution in [3.8, 4) is 6.07 Å². The summed E-state index contributed by atoms with van der Waals surface area (Å²) in [6, 6.07) is 19.6. The summed E-state index contributed by atoms with van der Waals surface area (Å²) >= 11 is 3.08. The van der Waals surface area contributed by atoms with Crippen molar-refractivity contribution in [3.05, 3.63) is 82.5 Å². The molecule has 0 atom stereocenters. The number of nitrogens with one attached hydrogen (secondary N) is 1. The minimum absolute atomic E-state index is 0.453. The standard InChI is InChI=1S/C22H16N4OS.C2H7NS/c1-15-20(14-27)25-22(28-15)26(19-9-7-16(12-23)8-10-19)13-18-5-2-4-17-6-3-11-24-21(17)18;1-3-4-2/h2-11,14H,13H2,1H3;3H,1-2H3. The topological polar surface area (TPSA) is 81.9 Å². The molecule has 0 aliphatic carbocycles. The first-order chi connectivity index (χ1) is 15.6. The van der Waals surface area contributed by atoms with E-state index in [1.54, 1.807) is 30.3 Å². The van der Waals surface area contributed by atoms with Crippen LogP contribution in [0, 0.1) is 18.3 Å². The summed E-state index contributed by atoms with van der Waals surface area (Å²) in [5.41, 5.74) is 3.95. The number of pyridine rings is 1. The Morgan fingerprint density at radius 3 is 2.53 bits per heavy atom. The predicted molar refractivity (Wildman–Crippen MR) is 134 cm³/mol. The highest BCUT2D eigenvalue weighted by molar-refractivity contribution is 7.96. The Kier molecular flexibility index (Phi) is 8.34. The number of hydrogen-bond acceptors (Lipinski definition) is 8. The summed E-state index contributed by atoms with van der Waals surface area (Å²) in [6.45, 7) is 2.44. The maximum Gasteiger partial charge on any atom is 0.191 e. The number of benzene rings is 2. The number of nitriles is 1. The molecule has 2 aromatic carbocycles. The molecule has 4 aromatic rings. The van der Waals surface area contributed by atoms with Crippen LogP contribution < -0.4 is 9.62 Å². The Bertz CT molecular complexity index is 1220. The zero-order valence-corrected chi connectivity index (χ0v) is 19.7. The maximum atomic E-state index is 11.3. The quantitative estimate of drug-likeness (QED) is 0.300. The van der Waals surface area contributed by atoms with E-state index in [9.17, 15) is 4.79 Å². The van der Waals surface area contributed by atoms with Gasteiger partial charge in [0.1, 0.15) is 5.69 Å². The molecular formula is C24H23N5OS2. The van der Waals surface area contributed by atoms with Crippen molar-refractivity contribution in [1.29, 1.82) is 5.26 Å². The molecule has 0 saturated carbocycles. The van der Waals surface area contributed by atoms with Crippen LogP contribution in [0.4, 0.5) is 10.8 Å². The van der Waals surface area contributed by atoms with E-state index in [0.717, 1.165) is 38.4 Å². The largest absolute Gasteiger partial charge is 0.313 e. The normalized spacial score (nSPS) is 10.2. The summed E-state index contributed by atoms with van der Waals surface area (Å²) in [7, 11) is 1.89. The number of rotatable bonds is 6. The molecule has 0 aliphatic heterocycles. The molecule has 0 spiro atoms. The van der Waals surface area contributed by atoms with Gasteiger partial charge in [-0.2, -0.15) is 5.26 Å². The molecule has 0 amide bonds. The van der Waals surface area contributed by atoms with Gasteiger partial charge in [-0.3, -0.25) is 14.5 Å². The summed E-state index contributed by atoms with van der Waals surface area (Å²) in [5.74, 6) is 0. The number of para-hydroxylation sites is 1. The average Bonchev–Trinajstić information content (AvgIpc) is 3.23. The second-order valence-corrected chi connectivity index (χ2v) is 8.70. The van der Waals surface area contributed by atoms with Gasteiger partial charge in [0.25, 0.3) is 0 Å². The van der Waals surface area contributed by atoms with Crippen molar-refractivity contribution in [2.45, 2.75) is 13.5 Å². The number of anilines is 2. The van der Waals surface area contributed by atoms with Gasteiger partial charge in [0.2, 0.25) is 0 Å². The van der Waals surface area contributed by atoms with Gasteiger partial charge in [0.05, 0.1) is 23.7 Å². The van der Waals surface area contributed by atoms with Crippen LogP contribution in [-0.2, 0) is 6.54 Å². The lowest BCUT2D eigenvalue weighted by Crippen LogP contribution is -2.17. The van der Waals surface area contributed by atoms with E-state index in [4.69, 9.17) is 5.26 Å². The first kappa shape index (κ1) is 23.4. The second kappa shape index (κ2) is 11.4.